The molecule has 2 aromatic rings. The number of hydrogen-bond donors (Lipinski definition) is 3. The Balaban J connectivity index is 2.16. The van der Waals surface area contributed by atoms with Gasteiger partial charge in [-0.25, -0.2) is 4.98 Å². The molecule has 1 aliphatic heterocycles. The molecule has 0 bridgehead atoms. The van der Waals surface area contributed by atoms with Crippen molar-refractivity contribution in [2.24, 2.45) is 0 Å². The molecule has 0 aliphatic carbocycles. The Bertz CT molecular complexity index is 934. The Morgan fingerprint density at radius 2 is 2.15 bits per heavy atom. The number of methoxy groups -OCH3 is 1. The molecule has 0 aromatic carbocycles. The maximum atomic E-state index is 12.9. The van der Waals surface area contributed by atoms with Gasteiger partial charge in [0.05, 0.1) is 32.2 Å². The van der Waals surface area contributed by atoms with Crippen LogP contribution in [-0.2, 0) is 22.7 Å². The molecule has 10 nitrogen and oxygen atoms in total. The number of carboxylic acids is 1. The minimum absolute atomic E-state index is 0.0107. The van der Waals surface area contributed by atoms with Crippen LogP contribution in [-0.4, -0.2) is 45.3 Å². The van der Waals surface area contributed by atoms with Crippen LogP contribution in [0.3, 0.4) is 0 Å². The van der Waals surface area contributed by atoms with Crippen molar-refractivity contribution in [3.63, 3.8) is 0 Å². The van der Waals surface area contributed by atoms with Crippen LogP contribution in [0, 0.1) is 0 Å². The van der Waals surface area contributed by atoms with Crippen molar-refractivity contribution in [1.82, 2.24) is 14.9 Å². The van der Waals surface area contributed by atoms with E-state index in [9.17, 15) is 19.5 Å². The zero-order chi connectivity index (χ0) is 18.8. The molecule has 26 heavy (non-hydrogen) atoms. The largest absolute Gasteiger partial charge is 0.506 e. The first kappa shape index (κ1) is 17.4. The zero-order valence-corrected chi connectivity index (χ0v) is 13.7. The van der Waals surface area contributed by atoms with Gasteiger partial charge in [0.15, 0.2) is 0 Å². The predicted molar refractivity (Wildman–Crippen MR) is 86.5 cm³/mol. The van der Waals surface area contributed by atoms with Crippen molar-refractivity contribution in [1.29, 1.82) is 0 Å². The second-order valence-electron chi connectivity index (χ2n) is 5.41. The molecule has 1 amide bonds. The molecule has 136 valence electrons. The standard InChI is InChI=1S/C16H15N3O7/c1-25-8-2-3-11(17-4-8)19-10-7-26-6-9(10)14(22)13(16(19)24)15(23)18-5-12(20)21/h2-4,22H,5-7H2,1H3,(H,18,23)(H,20,21). The van der Waals surface area contributed by atoms with Crippen molar-refractivity contribution in [2.45, 2.75) is 13.2 Å². The lowest BCUT2D eigenvalue weighted by atomic mass is 10.1. The van der Waals surface area contributed by atoms with Gasteiger partial charge in [-0.2, -0.15) is 0 Å². The molecule has 0 spiro atoms. The fourth-order valence-electron chi connectivity index (χ4n) is 2.63. The van der Waals surface area contributed by atoms with Gasteiger partial charge >= 0.3 is 5.97 Å². The lowest BCUT2D eigenvalue weighted by molar-refractivity contribution is -0.135. The number of aromatic nitrogens is 2. The summed E-state index contributed by atoms with van der Waals surface area (Å²) in [5, 5.41) is 21.1. The molecule has 0 unspecified atom stereocenters. The smallest absolute Gasteiger partial charge is 0.322 e. The first-order valence-electron chi connectivity index (χ1n) is 7.52. The molecular weight excluding hydrogens is 346 g/mol. The number of ether oxygens (including phenoxy) is 2. The number of pyridine rings is 2. The van der Waals surface area contributed by atoms with E-state index >= 15 is 0 Å². The number of nitrogens with zero attached hydrogens (tertiary/aromatic N) is 2. The number of carbonyl (C=O) groups is 2. The summed E-state index contributed by atoms with van der Waals surface area (Å²) in [5.74, 6) is -2.10. The summed E-state index contributed by atoms with van der Waals surface area (Å²) in [6.45, 7) is -0.619. The van der Waals surface area contributed by atoms with Gasteiger partial charge in [0.2, 0.25) is 0 Å². The highest BCUT2D eigenvalue weighted by molar-refractivity contribution is 5.98. The first-order valence-corrected chi connectivity index (χ1v) is 7.52. The summed E-state index contributed by atoms with van der Waals surface area (Å²) in [6.07, 6.45) is 1.40. The number of amides is 1. The Kier molecular flexibility index (Phi) is 4.59. The number of carboxylic acid groups (broad SMARTS) is 1. The van der Waals surface area contributed by atoms with Gasteiger partial charge in [0.25, 0.3) is 11.5 Å². The highest BCUT2D eigenvalue weighted by atomic mass is 16.5. The Hall–Kier alpha value is -3.40. The number of rotatable bonds is 5. The van der Waals surface area contributed by atoms with Crippen molar-refractivity contribution in [3.8, 4) is 17.3 Å². The van der Waals surface area contributed by atoms with Gasteiger partial charge in [0.1, 0.15) is 29.4 Å². The van der Waals surface area contributed by atoms with Crippen molar-refractivity contribution < 1.29 is 29.3 Å². The molecule has 0 radical (unpaired) electrons. The van der Waals surface area contributed by atoms with Crippen LogP contribution in [0.2, 0.25) is 0 Å². The van der Waals surface area contributed by atoms with Gasteiger partial charge in [-0.15, -0.1) is 0 Å². The average Bonchev–Trinajstić information content (AvgIpc) is 3.10. The van der Waals surface area contributed by atoms with Crippen LogP contribution in [0.1, 0.15) is 21.6 Å². The third kappa shape index (κ3) is 2.97. The molecule has 2 aromatic heterocycles. The van der Waals surface area contributed by atoms with Crippen LogP contribution in [0.4, 0.5) is 0 Å². The van der Waals surface area contributed by atoms with Gasteiger partial charge < -0.3 is 25.0 Å². The minimum Gasteiger partial charge on any atom is -0.506 e. The van der Waals surface area contributed by atoms with Crippen LogP contribution < -0.4 is 15.6 Å². The molecule has 3 heterocycles. The molecular formula is C16H15N3O7. The summed E-state index contributed by atoms with van der Waals surface area (Å²) in [7, 11) is 1.47. The number of aliphatic carboxylic acids is 1. The predicted octanol–water partition coefficient (Wildman–Crippen LogP) is -0.209. The Morgan fingerprint density at radius 1 is 1.38 bits per heavy atom. The molecule has 3 rings (SSSR count). The van der Waals surface area contributed by atoms with E-state index in [0.29, 0.717) is 11.4 Å². The second-order valence-corrected chi connectivity index (χ2v) is 5.41. The van der Waals surface area contributed by atoms with Gasteiger partial charge in [-0.05, 0) is 12.1 Å². The van der Waals surface area contributed by atoms with Crippen LogP contribution in [0.15, 0.2) is 23.1 Å². The maximum Gasteiger partial charge on any atom is 0.322 e. The SMILES string of the molecule is COc1ccc(-n2c3c(c(O)c(C(=O)NCC(=O)O)c2=O)COC3)nc1. The van der Waals surface area contributed by atoms with E-state index in [1.54, 1.807) is 6.07 Å². The first-order chi connectivity index (χ1) is 12.4. The molecule has 1 aliphatic rings. The number of nitrogens with one attached hydrogen (secondary N) is 1. The van der Waals surface area contributed by atoms with Crippen LogP contribution in [0.25, 0.3) is 5.82 Å². The van der Waals surface area contributed by atoms with Crippen molar-refractivity contribution in [2.75, 3.05) is 13.7 Å². The third-order valence-electron chi connectivity index (χ3n) is 3.86. The number of carbonyl (C=O) groups excluding carboxylic acids is 1. The summed E-state index contributed by atoms with van der Waals surface area (Å²) >= 11 is 0. The van der Waals surface area contributed by atoms with E-state index in [-0.39, 0.29) is 24.6 Å². The number of fused-ring (bicyclic) bond motifs is 1. The number of aromatic hydroxyl groups is 1. The highest BCUT2D eigenvalue weighted by Gasteiger charge is 2.29. The van der Waals surface area contributed by atoms with E-state index in [2.05, 4.69) is 10.3 Å². The topological polar surface area (TPSA) is 140 Å². The van der Waals surface area contributed by atoms with E-state index in [1.807, 2.05) is 0 Å². The summed E-state index contributed by atoms with van der Waals surface area (Å²) in [5.41, 5.74) is -0.733. The van der Waals surface area contributed by atoms with Crippen LogP contribution >= 0.6 is 0 Å². The third-order valence-corrected chi connectivity index (χ3v) is 3.86. The van der Waals surface area contributed by atoms with E-state index in [0.717, 1.165) is 4.57 Å². The molecule has 0 atom stereocenters. The molecule has 0 saturated carbocycles. The molecule has 0 saturated heterocycles. The Morgan fingerprint density at radius 3 is 2.77 bits per heavy atom. The van der Waals surface area contributed by atoms with E-state index in [4.69, 9.17) is 14.6 Å². The normalized spacial score (nSPS) is 12.5. The number of hydrogen-bond acceptors (Lipinski definition) is 7. The van der Waals surface area contributed by atoms with Crippen molar-refractivity contribution >= 4 is 11.9 Å². The molecule has 0 fully saturated rings. The van der Waals surface area contributed by atoms with Gasteiger partial charge in [0, 0.05) is 5.56 Å². The second kappa shape index (κ2) is 6.84. The van der Waals surface area contributed by atoms with Crippen molar-refractivity contribution in [3.05, 3.63) is 45.5 Å². The van der Waals surface area contributed by atoms with Gasteiger partial charge in [-0.3, -0.25) is 19.0 Å². The zero-order valence-electron chi connectivity index (χ0n) is 13.7. The highest BCUT2D eigenvalue weighted by Crippen LogP contribution is 2.31. The van der Waals surface area contributed by atoms with E-state index < -0.39 is 35.3 Å². The fraction of sp³-hybridized carbons (Fsp3) is 0.250. The lowest BCUT2D eigenvalue weighted by Crippen LogP contribution is -2.36. The summed E-state index contributed by atoms with van der Waals surface area (Å²) < 4.78 is 11.5. The quantitative estimate of drug-likeness (QED) is 0.665. The van der Waals surface area contributed by atoms with Crippen LogP contribution in [0.5, 0.6) is 11.5 Å². The average molecular weight is 361 g/mol. The minimum atomic E-state index is -1.28. The van der Waals surface area contributed by atoms with Gasteiger partial charge in [-0.1, -0.05) is 0 Å². The fourth-order valence-corrected chi connectivity index (χ4v) is 2.63. The molecule has 10 heteroatoms. The summed E-state index contributed by atoms with van der Waals surface area (Å²) in [6, 6.07) is 3.11. The summed E-state index contributed by atoms with van der Waals surface area (Å²) in [4.78, 5) is 39.9. The van der Waals surface area contributed by atoms with E-state index in [1.165, 1.54) is 19.4 Å². The maximum absolute atomic E-state index is 12.9. The monoisotopic (exact) mass is 361 g/mol. The lowest BCUT2D eigenvalue weighted by Gasteiger charge is -2.15. The molecule has 3 N–H and O–H groups in total. The Labute approximate surface area is 146 Å².